The Balaban J connectivity index is 0.851. The first-order valence-electron chi connectivity index (χ1n) is 25.7. The molecule has 4 N–H and O–H groups in total. The summed E-state index contributed by atoms with van der Waals surface area (Å²) in [4.78, 5) is 35.6. The predicted molar refractivity (Wildman–Crippen MR) is 276 cm³/mol. The molecule has 1 atom stereocenters. The van der Waals surface area contributed by atoms with Crippen molar-refractivity contribution in [3.05, 3.63) is 99.7 Å². The van der Waals surface area contributed by atoms with Crippen molar-refractivity contribution in [1.29, 1.82) is 0 Å². The maximum Gasteiger partial charge on any atom is 0.296 e. The number of sulfonamides is 1. The number of likely N-dealkylation sites (tertiary alicyclic amines) is 2. The standard InChI is InChI=1S/C53H65F2N11O5S/c1-33(2)38-8-5-6-9-39(38)41-10-7-17-64(41)37-28-52(29-37)12-18-63(19-13-52)43-26-42(65-22-23-71-51-45(65)25-35-11-16-56-50(35)61-51)36(24-40(43)54)30-60-72(69,70)46-27-44(66(67)68)47(49-48(46)58-32-59-49)57-31-53(55)14-20-62(21-15-53)34(3)4/h5-6,8-9,11,16,24-27,32-34,37,41,57,60H,7,10,12-15,17-23,28-31H2,1-4H3,(H,56,61)(H,58,59)/t41-/m0/s1. The molecule has 6 aromatic rings. The number of pyridine rings is 1. The van der Waals surface area contributed by atoms with Crippen molar-refractivity contribution in [2.45, 2.75) is 120 Å². The van der Waals surface area contributed by atoms with Crippen LogP contribution in [0, 0.1) is 21.3 Å². The molecule has 0 radical (unpaired) electrons. The first-order chi connectivity index (χ1) is 34.6. The van der Waals surface area contributed by atoms with E-state index in [9.17, 15) is 18.5 Å². The van der Waals surface area contributed by atoms with Crippen molar-refractivity contribution >= 4 is 60.5 Å². The van der Waals surface area contributed by atoms with E-state index in [0.717, 1.165) is 43.7 Å². The van der Waals surface area contributed by atoms with E-state index < -0.39 is 37.0 Å². The molecule has 19 heteroatoms. The Morgan fingerprint density at radius 2 is 1.72 bits per heavy atom. The molecule has 3 aromatic carbocycles. The maximum absolute atomic E-state index is 16.9. The summed E-state index contributed by atoms with van der Waals surface area (Å²) in [6.45, 7) is 12.4. The second-order valence-electron chi connectivity index (χ2n) is 21.5. The normalized spacial score (nSPS) is 20.7. The van der Waals surface area contributed by atoms with Gasteiger partial charge in [-0.15, -0.1) is 0 Å². The van der Waals surface area contributed by atoms with Gasteiger partial charge in [-0.1, -0.05) is 38.1 Å². The van der Waals surface area contributed by atoms with E-state index in [1.54, 1.807) is 6.20 Å². The number of piperidine rings is 2. The van der Waals surface area contributed by atoms with Gasteiger partial charge in [0.25, 0.3) is 5.69 Å². The first-order valence-corrected chi connectivity index (χ1v) is 27.2. The molecule has 1 aliphatic carbocycles. The number of anilines is 4. The maximum atomic E-state index is 16.9. The van der Waals surface area contributed by atoms with E-state index in [-0.39, 0.29) is 60.7 Å². The number of nitrogens with zero attached hydrogens (tertiary/aromatic N) is 7. The molecule has 382 valence electrons. The van der Waals surface area contributed by atoms with Gasteiger partial charge < -0.3 is 34.7 Å². The number of ether oxygens (including phenoxy) is 1. The first kappa shape index (κ1) is 48.4. The molecular formula is C53H65F2N11O5S. The van der Waals surface area contributed by atoms with E-state index in [2.05, 4.69) is 91.7 Å². The smallest absolute Gasteiger partial charge is 0.296 e. The number of nitro groups is 1. The molecular weight excluding hydrogens is 941 g/mol. The average Bonchev–Trinajstić information content (AvgIpc) is 4.16. The van der Waals surface area contributed by atoms with Gasteiger partial charge in [-0.3, -0.25) is 15.0 Å². The van der Waals surface area contributed by atoms with Crippen LogP contribution in [0.5, 0.6) is 5.88 Å². The van der Waals surface area contributed by atoms with Gasteiger partial charge in [-0.25, -0.2) is 26.9 Å². The van der Waals surface area contributed by atoms with Crippen molar-refractivity contribution in [3.63, 3.8) is 0 Å². The molecule has 0 amide bonds. The van der Waals surface area contributed by atoms with Gasteiger partial charge in [0.1, 0.15) is 45.5 Å². The minimum Gasteiger partial charge on any atom is -0.474 e. The fraction of sp³-hybridized carbons (Fsp3) is 0.509. The molecule has 0 bridgehead atoms. The third-order valence-corrected chi connectivity index (χ3v) is 18.0. The van der Waals surface area contributed by atoms with Crippen LogP contribution in [0.3, 0.4) is 0 Å². The fourth-order valence-corrected chi connectivity index (χ4v) is 13.7. The highest BCUT2D eigenvalue weighted by atomic mass is 32.2. The van der Waals surface area contributed by atoms with Crippen molar-refractivity contribution in [2.24, 2.45) is 5.41 Å². The molecule has 4 fully saturated rings. The third-order valence-electron chi connectivity index (χ3n) is 16.6. The van der Waals surface area contributed by atoms with Crippen LogP contribution in [0.4, 0.5) is 37.2 Å². The molecule has 3 saturated heterocycles. The summed E-state index contributed by atoms with van der Waals surface area (Å²) in [5.41, 5.74) is 3.59. The Morgan fingerprint density at radius 1 is 0.944 bits per heavy atom. The number of imidazole rings is 1. The molecule has 11 rings (SSSR count). The predicted octanol–water partition coefficient (Wildman–Crippen LogP) is 9.83. The zero-order chi connectivity index (χ0) is 50.1. The molecule has 72 heavy (non-hydrogen) atoms. The van der Waals surface area contributed by atoms with E-state index in [4.69, 9.17) is 9.72 Å². The fourth-order valence-electron chi connectivity index (χ4n) is 12.5. The summed E-state index contributed by atoms with van der Waals surface area (Å²) in [6.07, 6.45) is 10.1. The summed E-state index contributed by atoms with van der Waals surface area (Å²) < 4.78 is 70.6. The molecule has 5 aliphatic rings. The Kier molecular flexibility index (Phi) is 12.7. The SMILES string of the molecule is CC(C)c1ccccc1[C@@H]1CCCN1C1CC2(CCN(c3cc(N4CCOc5nc6[nH]ccc6cc54)c(CNS(=O)(=O)c4cc([N+](=O)[O-])c(NCC5(F)CCN(C(C)C)CC5)c5[nH]cnc45)cc3F)CC2)C1. The number of fused-ring (bicyclic) bond motifs is 3. The van der Waals surface area contributed by atoms with Gasteiger partial charge >= 0.3 is 0 Å². The van der Waals surface area contributed by atoms with Crippen LogP contribution in [-0.4, -0.2) is 113 Å². The lowest BCUT2D eigenvalue weighted by atomic mass is 9.59. The van der Waals surface area contributed by atoms with Crippen molar-refractivity contribution in [3.8, 4) is 5.88 Å². The van der Waals surface area contributed by atoms with Gasteiger partial charge in [0.2, 0.25) is 15.9 Å². The number of nitrogens with one attached hydrogen (secondary N) is 4. The molecule has 1 saturated carbocycles. The Labute approximate surface area is 419 Å². The van der Waals surface area contributed by atoms with Crippen LogP contribution in [0.15, 0.2) is 72.0 Å². The zero-order valence-corrected chi connectivity index (χ0v) is 42.3. The third kappa shape index (κ3) is 8.93. The summed E-state index contributed by atoms with van der Waals surface area (Å²) in [6, 6.07) is 18.2. The number of H-pyrrole nitrogens is 2. The van der Waals surface area contributed by atoms with Crippen LogP contribution in [0.25, 0.3) is 22.1 Å². The van der Waals surface area contributed by atoms with Crippen molar-refractivity contribution in [2.75, 3.05) is 67.5 Å². The summed E-state index contributed by atoms with van der Waals surface area (Å²) in [5, 5.41) is 16.4. The van der Waals surface area contributed by atoms with Crippen LogP contribution in [0.1, 0.15) is 108 Å². The van der Waals surface area contributed by atoms with E-state index in [1.807, 2.05) is 23.1 Å². The molecule has 4 aliphatic heterocycles. The number of hydrogen-bond acceptors (Lipinski definition) is 12. The van der Waals surface area contributed by atoms with Gasteiger partial charge in [-0.2, -0.15) is 4.98 Å². The topological polar surface area (TPSA) is 181 Å². The summed E-state index contributed by atoms with van der Waals surface area (Å²) in [7, 11) is -4.55. The van der Waals surface area contributed by atoms with E-state index >= 15 is 8.78 Å². The zero-order valence-electron chi connectivity index (χ0n) is 41.5. The van der Waals surface area contributed by atoms with Gasteiger partial charge in [0.05, 0.1) is 29.0 Å². The highest BCUT2D eigenvalue weighted by Crippen LogP contribution is 2.55. The monoisotopic (exact) mass is 1010 g/mol. The van der Waals surface area contributed by atoms with Crippen LogP contribution in [0.2, 0.25) is 0 Å². The molecule has 0 unspecified atom stereocenters. The molecule has 16 nitrogen and oxygen atoms in total. The van der Waals surface area contributed by atoms with Crippen LogP contribution >= 0.6 is 0 Å². The quantitative estimate of drug-likeness (QED) is 0.0600. The lowest BCUT2D eigenvalue weighted by Crippen LogP contribution is -2.55. The minimum atomic E-state index is -4.55. The van der Waals surface area contributed by atoms with Crippen LogP contribution < -0.4 is 24.6 Å². The number of benzene rings is 3. The van der Waals surface area contributed by atoms with Gasteiger partial charge in [0.15, 0.2) is 0 Å². The van der Waals surface area contributed by atoms with Gasteiger partial charge in [0, 0.05) is 80.7 Å². The largest absolute Gasteiger partial charge is 0.474 e. The Hall–Kier alpha value is -5.89. The van der Waals surface area contributed by atoms with Crippen LogP contribution in [-0.2, 0) is 16.6 Å². The highest BCUT2D eigenvalue weighted by Gasteiger charge is 2.50. The number of halogens is 2. The van der Waals surface area contributed by atoms with E-state index in [0.29, 0.717) is 84.9 Å². The Morgan fingerprint density at radius 3 is 2.47 bits per heavy atom. The Bertz CT molecular complexity index is 3120. The molecule has 1 spiro atoms. The highest BCUT2D eigenvalue weighted by molar-refractivity contribution is 7.89. The minimum absolute atomic E-state index is 0.0462. The number of hydrogen-bond donors (Lipinski definition) is 4. The van der Waals surface area contributed by atoms with Gasteiger partial charge in [-0.05, 0) is 124 Å². The summed E-state index contributed by atoms with van der Waals surface area (Å²) in [5.74, 6) is 0.383. The molecule has 7 heterocycles. The second-order valence-corrected chi connectivity index (χ2v) is 23.2. The summed E-state index contributed by atoms with van der Waals surface area (Å²) >= 11 is 0. The van der Waals surface area contributed by atoms with Crippen molar-refractivity contribution in [1.82, 2.24) is 34.5 Å². The number of nitro benzene ring substituents is 1. The van der Waals surface area contributed by atoms with Crippen molar-refractivity contribution < 1.29 is 26.9 Å². The average molecular weight is 1010 g/mol. The molecule has 3 aromatic heterocycles. The number of rotatable bonds is 14. The number of aromatic amines is 2. The number of aromatic nitrogens is 4. The van der Waals surface area contributed by atoms with E-state index in [1.165, 1.54) is 36.4 Å². The second kappa shape index (κ2) is 18.9. The lowest BCUT2D eigenvalue weighted by molar-refractivity contribution is -0.384. The lowest BCUT2D eigenvalue weighted by Gasteiger charge is -2.56. The number of alkyl halides is 1.